The van der Waals surface area contributed by atoms with Gasteiger partial charge >= 0.3 is 0 Å². The number of amides is 1. The number of benzene rings is 1. The molecule has 0 aliphatic rings. The van der Waals surface area contributed by atoms with Crippen molar-refractivity contribution in [2.24, 2.45) is 0 Å². The molecule has 1 N–H and O–H groups in total. The molecule has 27 heavy (non-hydrogen) atoms. The van der Waals surface area contributed by atoms with Gasteiger partial charge in [-0.25, -0.2) is 0 Å². The third-order valence-corrected chi connectivity index (χ3v) is 5.13. The van der Waals surface area contributed by atoms with Crippen LogP contribution in [0.4, 0.5) is 5.69 Å². The maximum absolute atomic E-state index is 12.3. The number of hydrogen-bond donors (Lipinski definition) is 1. The van der Waals surface area contributed by atoms with Crippen LogP contribution in [-0.2, 0) is 11.3 Å². The second-order valence-electron chi connectivity index (χ2n) is 5.74. The lowest BCUT2D eigenvalue weighted by Crippen LogP contribution is -2.14. The molecule has 138 valence electrons. The van der Waals surface area contributed by atoms with Crippen molar-refractivity contribution >= 4 is 35.0 Å². The lowest BCUT2D eigenvalue weighted by Gasteiger charge is -2.08. The van der Waals surface area contributed by atoms with Crippen molar-refractivity contribution in [3.05, 3.63) is 66.0 Å². The van der Waals surface area contributed by atoms with Gasteiger partial charge in [0.25, 0.3) is 0 Å². The Morgan fingerprint density at radius 2 is 2.07 bits per heavy atom. The van der Waals surface area contributed by atoms with Gasteiger partial charge < -0.3 is 5.32 Å². The molecule has 0 unspecified atom stereocenters. The van der Waals surface area contributed by atoms with Gasteiger partial charge in [0, 0.05) is 35.2 Å². The van der Waals surface area contributed by atoms with Crippen molar-refractivity contribution in [3.8, 4) is 11.4 Å². The average Bonchev–Trinajstić information content (AvgIpc) is 3.07. The number of aryl methyl sites for hydroxylation is 1. The Labute approximate surface area is 166 Å². The molecule has 0 fully saturated rings. The zero-order valence-corrected chi connectivity index (χ0v) is 16.3. The SMILES string of the molecule is C=CCn1c(SCC(=O)Nc2ccc(C)c(Cl)c2)nnc1-c1ccncc1. The molecule has 0 radical (unpaired) electrons. The van der Waals surface area contributed by atoms with Gasteiger partial charge in [-0.3, -0.25) is 14.3 Å². The molecule has 3 rings (SSSR count). The Hall–Kier alpha value is -2.64. The summed E-state index contributed by atoms with van der Waals surface area (Å²) in [6.07, 6.45) is 5.18. The number of rotatable bonds is 7. The number of carbonyl (C=O) groups excluding carboxylic acids is 1. The maximum Gasteiger partial charge on any atom is 0.234 e. The van der Waals surface area contributed by atoms with E-state index in [4.69, 9.17) is 11.6 Å². The van der Waals surface area contributed by atoms with Crippen LogP contribution in [0.1, 0.15) is 5.56 Å². The second-order valence-corrected chi connectivity index (χ2v) is 7.09. The van der Waals surface area contributed by atoms with Crippen LogP contribution in [0.15, 0.2) is 60.5 Å². The lowest BCUT2D eigenvalue weighted by molar-refractivity contribution is -0.113. The van der Waals surface area contributed by atoms with Gasteiger partial charge in [0.15, 0.2) is 11.0 Å². The van der Waals surface area contributed by atoms with Crippen LogP contribution in [0, 0.1) is 6.92 Å². The Morgan fingerprint density at radius 3 is 2.78 bits per heavy atom. The minimum absolute atomic E-state index is 0.140. The summed E-state index contributed by atoms with van der Waals surface area (Å²) in [4.78, 5) is 16.3. The Balaban J connectivity index is 1.70. The van der Waals surface area contributed by atoms with Gasteiger partial charge in [-0.2, -0.15) is 0 Å². The van der Waals surface area contributed by atoms with Crippen molar-refractivity contribution < 1.29 is 4.79 Å². The number of halogens is 1. The zero-order valence-electron chi connectivity index (χ0n) is 14.7. The molecule has 0 saturated heterocycles. The first-order valence-electron chi connectivity index (χ1n) is 8.22. The van der Waals surface area contributed by atoms with E-state index in [9.17, 15) is 4.79 Å². The number of nitrogens with zero attached hydrogens (tertiary/aromatic N) is 4. The highest BCUT2D eigenvalue weighted by atomic mass is 35.5. The predicted octanol–water partition coefficient (Wildman–Crippen LogP) is 4.22. The van der Waals surface area contributed by atoms with Gasteiger partial charge in [0.2, 0.25) is 5.91 Å². The molecule has 0 saturated carbocycles. The average molecular weight is 400 g/mol. The fourth-order valence-electron chi connectivity index (χ4n) is 2.40. The molecule has 6 nitrogen and oxygen atoms in total. The van der Waals surface area contributed by atoms with E-state index in [1.165, 1.54) is 11.8 Å². The van der Waals surface area contributed by atoms with Gasteiger partial charge in [0.1, 0.15) is 0 Å². The quantitative estimate of drug-likeness (QED) is 0.475. The first-order chi connectivity index (χ1) is 13.1. The van der Waals surface area contributed by atoms with Crippen LogP contribution in [-0.4, -0.2) is 31.4 Å². The van der Waals surface area contributed by atoms with Crippen molar-refractivity contribution in [3.63, 3.8) is 0 Å². The summed E-state index contributed by atoms with van der Waals surface area (Å²) >= 11 is 7.41. The maximum atomic E-state index is 12.3. The number of aromatic nitrogens is 4. The van der Waals surface area contributed by atoms with Crippen LogP contribution < -0.4 is 5.32 Å². The van der Waals surface area contributed by atoms with E-state index in [1.807, 2.05) is 35.8 Å². The first kappa shape index (κ1) is 19.1. The summed E-state index contributed by atoms with van der Waals surface area (Å²) in [6.45, 7) is 6.25. The minimum Gasteiger partial charge on any atom is -0.325 e. The zero-order chi connectivity index (χ0) is 19.2. The lowest BCUT2D eigenvalue weighted by atomic mass is 10.2. The molecule has 0 aliphatic carbocycles. The summed E-state index contributed by atoms with van der Waals surface area (Å²) < 4.78 is 1.92. The van der Waals surface area contributed by atoms with E-state index in [0.717, 1.165) is 11.1 Å². The molecule has 8 heteroatoms. The third-order valence-electron chi connectivity index (χ3n) is 3.75. The van der Waals surface area contributed by atoms with Crippen molar-refractivity contribution in [1.29, 1.82) is 0 Å². The molecular formula is C19H18ClN5OS. The molecule has 1 amide bonds. The minimum atomic E-state index is -0.140. The van der Waals surface area contributed by atoms with Crippen molar-refractivity contribution in [2.45, 2.75) is 18.6 Å². The highest BCUT2D eigenvalue weighted by molar-refractivity contribution is 7.99. The molecule has 3 aromatic rings. The molecule has 0 atom stereocenters. The van der Waals surface area contributed by atoms with Gasteiger partial charge in [-0.05, 0) is 36.8 Å². The number of allylic oxidation sites excluding steroid dienone is 1. The highest BCUT2D eigenvalue weighted by Gasteiger charge is 2.15. The van der Waals surface area contributed by atoms with Crippen LogP contribution >= 0.6 is 23.4 Å². The van der Waals surface area contributed by atoms with Crippen LogP contribution in [0.25, 0.3) is 11.4 Å². The molecule has 0 bridgehead atoms. The summed E-state index contributed by atoms with van der Waals surface area (Å²) in [6, 6.07) is 9.16. The first-order valence-corrected chi connectivity index (χ1v) is 9.58. The van der Waals surface area contributed by atoms with E-state index in [0.29, 0.717) is 28.2 Å². The summed E-state index contributed by atoms with van der Waals surface area (Å²) in [5, 5.41) is 12.6. The van der Waals surface area contributed by atoms with E-state index < -0.39 is 0 Å². The van der Waals surface area contributed by atoms with Gasteiger partial charge in [0.05, 0.1) is 5.75 Å². The van der Waals surface area contributed by atoms with E-state index in [2.05, 4.69) is 27.1 Å². The van der Waals surface area contributed by atoms with Gasteiger partial charge in [-0.15, -0.1) is 16.8 Å². The van der Waals surface area contributed by atoms with Crippen LogP contribution in [0.5, 0.6) is 0 Å². The summed E-state index contributed by atoms with van der Waals surface area (Å²) in [5.41, 5.74) is 2.54. The summed E-state index contributed by atoms with van der Waals surface area (Å²) in [5.74, 6) is 0.779. The largest absolute Gasteiger partial charge is 0.325 e. The van der Waals surface area contributed by atoms with E-state index in [-0.39, 0.29) is 11.7 Å². The number of hydrogen-bond acceptors (Lipinski definition) is 5. The van der Waals surface area contributed by atoms with E-state index in [1.54, 1.807) is 24.5 Å². The third kappa shape index (κ3) is 4.75. The number of carbonyl (C=O) groups is 1. The smallest absolute Gasteiger partial charge is 0.234 e. The number of pyridine rings is 1. The molecule has 0 aliphatic heterocycles. The predicted molar refractivity (Wildman–Crippen MR) is 109 cm³/mol. The topological polar surface area (TPSA) is 72.7 Å². The van der Waals surface area contributed by atoms with Crippen LogP contribution in [0.2, 0.25) is 5.02 Å². The molecule has 2 aromatic heterocycles. The van der Waals surface area contributed by atoms with Crippen molar-refractivity contribution in [1.82, 2.24) is 19.7 Å². The molecule has 2 heterocycles. The highest BCUT2D eigenvalue weighted by Crippen LogP contribution is 2.24. The van der Waals surface area contributed by atoms with Crippen LogP contribution in [0.3, 0.4) is 0 Å². The number of nitrogens with one attached hydrogen (secondary N) is 1. The Bertz CT molecular complexity index is 958. The van der Waals surface area contributed by atoms with Crippen molar-refractivity contribution in [2.75, 3.05) is 11.1 Å². The Morgan fingerprint density at radius 1 is 1.30 bits per heavy atom. The summed E-state index contributed by atoms with van der Waals surface area (Å²) in [7, 11) is 0. The fourth-order valence-corrected chi connectivity index (χ4v) is 3.33. The normalized spacial score (nSPS) is 10.6. The van der Waals surface area contributed by atoms with Gasteiger partial charge in [-0.1, -0.05) is 35.5 Å². The molecule has 1 aromatic carbocycles. The second kappa shape index (κ2) is 8.83. The monoisotopic (exact) mass is 399 g/mol. The number of thioether (sulfide) groups is 1. The Kier molecular flexibility index (Phi) is 6.26. The molecular weight excluding hydrogens is 382 g/mol. The fraction of sp³-hybridized carbons (Fsp3) is 0.158. The standard InChI is InChI=1S/C19H18ClN5OS/c1-3-10-25-18(14-6-8-21-9-7-14)23-24-19(25)27-12-17(26)22-15-5-4-13(2)16(20)11-15/h3-9,11H,1,10,12H2,2H3,(H,22,26). The molecule has 0 spiro atoms. The van der Waals surface area contributed by atoms with E-state index >= 15 is 0 Å². The number of anilines is 1.